The molecule has 0 saturated carbocycles. The maximum absolute atomic E-state index is 10.8. The van der Waals surface area contributed by atoms with Crippen LogP contribution in [-0.2, 0) is 11.4 Å². The molecule has 1 heterocycles. The van der Waals surface area contributed by atoms with Crippen LogP contribution >= 0.6 is 23.2 Å². The number of rotatable bonds is 8. The van der Waals surface area contributed by atoms with Crippen molar-refractivity contribution >= 4 is 29.1 Å². The fourth-order valence-corrected chi connectivity index (χ4v) is 3.21. The fourth-order valence-electron chi connectivity index (χ4n) is 2.86. The monoisotopic (exact) mass is 469 g/mol. The van der Waals surface area contributed by atoms with Crippen LogP contribution in [0.25, 0.3) is 22.8 Å². The summed E-state index contributed by atoms with van der Waals surface area (Å²) in [5.74, 6) is 1.28. The molecule has 162 valence electrons. The zero-order valence-corrected chi connectivity index (χ0v) is 18.1. The molecule has 32 heavy (non-hydrogen) atoms. The Labute approximate surface area is 193 Å². The first-order chi connectivity index (χ1) is 15.5. The summed E-state index contributed by atoms with van der Waals surface area (Å²) >= 11 is 12.2. The van der Waals surface area contributed by atoms with E-state index >= 15 is 0 Å². The Hall–Kier alpha value is -3.55. The van der Waals surface area contributed by atoms with Gasteiger partial charge in [-0.05, 0) is 54.1 Å². The SMILES string of the molecule is NC(=O)COc1ccc(-c2noc(-c3cccc(COc4cccc(Cl)c4Cl)c3)n2)cc1. The molecule has 0 aliphatic carbocycles. The van der Waals surface area contributed by atoms with Crippen LogP contribution in [0.4, 0.5) is 0 Å². The Bertz CT molecular complexity index is 1240. The van der Waals surface area contributed by atoms with Crippen LogP contribution in [0.15, 0.2) is 71.3 Å². The van der Waals surface area contributed by atoms with Gasteiger partial charge in [0.2, 0.25) is 5.82 Å². The van der Waals surface area contributed by atoms with Crippen molar-refractivity contribution in [3.8, 4) is 34.3 Å². The molecule has 0 saturated heterocycles. The Kier molecular flexibility index (Phi) is 6.58. The third-order valence-electron chi connectivity index (χ3n) is 4.40. The highest BCUT2D eigenvalue weighted by atomic mass is 35.5. The zero-order valence-electron chi connectivity index (χ0n) is 16.6. The lowest BCUT2D eigenvalue weighted by Crippen LogP contribution is -2.19. The Morgan fingerprint density at radius 3 is 2.53 bits per heavy atom. The molecule has 2 N–H and O–H groups in total. The summed E-state index contributed by atoms with van der Waals surface area (Å²) in [4.78, 5) is 15.3. The van der Waals surface area contributed by atoms with E-state index in [4.69, 9.17) is 42.9 Å². The largest absolute Gasteiger partial charge is 0.487 e. The molecule has 3 aromatic carbocycles. The molecule has 1 amide bonds. The van der Waals surface area contributed by atoms with Gasteiger partial charge in [-0.3, -0.25) is 4.79 Å². The maximum atomic E-state index is 10.8. The number of nitrogens with two attached hydrogens (primary N) is 1. The summed E-state index contributed by atoms with van der Waals surface area (Å²) in [6.45, 7) is 0.108. The van der Waals surface area contributed by atoms with Gasteiger partial charge in [-0.25, -0.2) is 0 Å². The highest BCUT2D eigenvalue weighted by molar-refractivity contribution is 6.42. The molecule has 0 bridgehead atoms. The van der Waals surface area contributed by atoms with Crippen molar-refractivity contribution in [2.45, 2.75) is 6.61 Å². The second-order valence-electron chi connectivity index (χ2n) is 6.74. The van der Waals surface area contributed by atoms with Crippen LogP contribution in [0.3, 0.4) is 0 Å². The summed E-state index contributed by atoms with van der Waals surface area (Å²) in [5.41, 5.74) is 7.46. The van der Waals surface area contributed by atoms with Crippen LogP contribution in [0.5, 0.6) is 11.5 Å². The van der Waals surface area contributed by atoms with E-state index in [0.717, 1.165) is 16.7 Å². The first-order valence-corrected chi connectivity index (χ1v) is 10.3. The average Bonchev–Trinajstić information content (AvgIpc) is 3.30. The Morgan fingerprint density at radius 2 is 1.75 bits per heavy atom. The van der Waals surface area contributed by atoms with Gasteiger partial charge in [0.25, 0.3) is 11.8 Å². The topological polar surface area (TPSA) is 100 Å². The fraction of sp³-hybridized carbons (Fsp3) is 0.0870. The number of nitrogens with zero attached hydrogens (tertiary/aromatic N) is 2. The van der Waals surface area contributed by atoms with Crippen LogP contribution in [0, 0.1) is 0 Å². The van der Waals surface area contributed by atoms with Gasteiger partial charge in [0.1, 0.15) is 23.1 Å². The van der Waals surface area contributed by atoms with Gasteiger partial charge in [0.05, 0.1) is 5.02 Å². The van der Waals surface area contributed by atoms with E-state index in [1.165, 1.54) is 0 Å². The van der Waals surface area contributed by atoms with E-state index in [1.54, 1.807) is 42.5 Å². The van der Waals surface area contributed by atoms with E-state index in [2.05, 4.69) is 10.1 Å². The number of carbonyl (C=O) groups is 1. The number of hydrogen-bond donors (Lipinski definition) is 1. The van der Waals surface area contributed by atoms with E-state index in [9.17, 15) is 4.79 Å². The molecule has 0 unspecified atom stereocenters. The normalized spacial score (nSPS) is 10.7. The standard InChI is InChI=1S/C23H17Cl2N3O4/c24-18-5-2-6-19(21(18)25)31-12-14-3-1-4-16(11-14)23-27-22(28-32-23)15-7-9-17(10-8-15)30-13-20(26)29/h1-11H,12-13H2,(H2,26,29). The molecule has 0 radical (unpaired) electrons. The molecule has 4 aromatic rings. The number of ether oxygens (including phenoxy) is 2. The number of aromatic nitrogens is 2. The summed E-state index contributed by atoms with van der Waals surface area (Å²) in [6.07, 6.45) is 0. The molecule has 0 spiro atoms. The van der Waals surface area contributed by atoms with Gasteiger partial charge in [-0.2, -0.15) is 4.98 Å². The van der Waals surface area contributed by atoms with E-state index in [0.29, 0.717) is 39.9 Å². The zero-order chi connectivity index (χ0) is 22.5. The van der Waals surface area contributed by atoms with Crippen LogP contribution < -0.4 is 15.2 Å². The van der Waals surface area contributed by atoms with E-state index in [-0.39, 0.29) is 6.61 Å². The maximum Gasteiger partial charge on any atom is 0.258 e. The number of carbonyl (C=O) groups excluding carboxylic acids is 1. The number of amides is 1. The molecule has 0 atom stereocenters. The molecular weight excluding hydrogens is 453 g/mol. The highest BCUT2D eigenvalue weighted by Gasteiger charge is 2.12. The van der Waals surface area contributed by atoms with Crippen molar-refractivity contribution < 1.29 is 18.8 Å². The van der Waals surface area contributed by atoms with Gasteiger partial charge in [-0.15, -0.1) is 0 Å². The molecule has 1 aromatic heterocycles. The van der Waals surface area contributed by atoms with Crippen LogP contribution in [-0.4, -0.2) is 22.7 Å². The van der Waals surface area contributed by atoms with Gasteiger partial charge < -0.3 is 19.7 Å². The lowest BCUT2D eigenvalue weighted by Gasteiger charge is -2.09. The van der Waals surface area contributed by atoms with Gasteiger partial charge in [0, 0.05) is 11.1 Å². The van der Waals surface area contributed by atoms with Crippen molar-refractivity contribution in [3.05, 3.63) is 82.3 Å². The molecule has 0 aliphatic rings. The molecule has 4 rings (SSSR count). The first-order valence-electron chi connectivity index (χ1n) is 9.51. The van der Waals surface area contributed by atoms with Gasteiger partial charge >= 0.3 is 0 Å². The second kappa shape index (κ2) is 9.72. The van der Waals surface area contributed by atoms with Crippen molar-refractivity contribution in [2.24, 2.45) is 5.73 Å². The third kappa shape index (κ3) is 5.19. The Morgan fingerprint density at radius 1 is 0.969 bits per heavy atom. The summed E-state index contributed by atoms with van der Waals surface area (Å²) in [5, 5.41) is 4.85. The molecule has 0 fully saturated rings. The van der Waals surface area contributed by atoms with Gasteiger partial charge in [0.15, 0.2) is 6.61 Å². The average molecular weight is 470 g/mol. The second-order valence-corrected chi connectivity index (χ2v) is 7.53. The predicted octanol–water partition coefficient (Wildman–Crippen LogP) is 5.15. The molecule has 7 nitrogen and oxygen atoms in total. The lowest BCUT2D eigenvalue weighted by molar-refractivity contribution is -0.119. The van der Waals surface area contributed by atoms with E-state index in [1.807, 2.05) is 24.3 Å². The van der Waals surface area contributed by atoms with E-state index < -0.39 is 5.91 Å². The van der Waals surface area contributed by atoms with Crippen molar-refractivity contribution in [1.29, 1.82) is 0 Å². The number of halogens is 2. The Balaban J connectivity index is 1.46. The van der Waals surface area contributed by atoms with Crippen molar-refractivity contribution in [1.82, 2.24) is 10.1 Å². The van der Waals surface area contributed by atoms with Crippen molar-refractivity contribution in [3.63, 3.8) is 0 Å². The number of primary amides is 1. The third-order valence-corrected chi connectivity index (χ3v) is 5.21. The summed E-state index contributed by atoms with van der Waals surface area (Å²) in [6, 6.07) is 19.7. The minimum atomic E-state index is -0.541. The predicted molar refractivity (Wildman–Crippen MR) is 121 cm³/mol. The molecular formula is C23H17Cl2N3O4. The number of hydrogen-bond acceptors (Lipinski definition) is 6. The highest BCUT2D eigenvalue weighted by Crippen LogP contribution is 2.32. The van der Waals surface area contributed by atoms with Gasteiger partial charge in [-0.1, -0.05) is 46.6 Å². The quantitative estimate of drug-likeness (QED) is 0.382. The lowest BCUT2D eigenvalue weighted by atomic mass is 10.1. The summed E-state index contributed by atoms with van der Waals surface area (Å²) in [7, 11) is 0. The van der Waals surface area contributed by atoms with Crippen LogP contribution in [0.2, 0.25) is 10.0 Å². The first kappa shape index (κ1) is 21.7. The summed E-state index contributed by atoms with van der Waals surface area (Å²) < 4.78 is 16.5. The minimum Gasteiger partial charge on any atom is -0.487 e. The van der Waals surface area contributed by atoms with Crippen LogP contribution in [0.1, 0.15) is 5.56 Å². The number of benzene rings is 3. The minimum absolute atomic E-state index is 0.185. The molecule has 9 heteroatoms. The van der Waals surface area contributed by atoms with Crippen molar-refractivity contribution in [2.75, 3.05) is 6.61 Å². The molecule has 0 aliphatic heterocycles. The smallest absolute Gasteiger partial charge is 0.258 e.